The molecule has 0 aromatic heterocycles. The molecule has 0 saturated heterocycles. The highest BCUT2D eigenvalue weighted by Gasteiger charge is 2.06. The first-order valence-electron chi connectivity index (χ1n) is 10.1. The lowest BCUT2D eigenvalue weighted by molar-refractivity contribution is 0.103. The van der Waals surface area contributed by atoms with E-state index < -0.39 is 0 Å². The van der Waals surface area contributed by atoms with Gasteiger partial charge in [0.25, 0.3) is 0 Å². The summed E-state index contributed by atoms with van der Waals surface area (Å²) >= 11 is 0. The summed E-state index contributed by atoms with van der Waals surface area (Å²) in [6, 6.07) is 44.0. The molecule has 5 rings (SSSR count). The Hall–Kier alpha value is -4.17. The number of rotatable bonds is 2. The van der Waals surface area contributed by atoms with Crippen molar-refractivity contribution in [3.63, 3.8) is 0 Å². The third kappa shape index (κ3) is 6.98. The summed E-state index contributed by atoms with van der Waals surface area (Å²) in [5, 5.41) is 11.3. The largest absolute Gasteiger partial charge is 0.508 e. The first-order chi connectivity index (χ1) is 15.2. The zero-order valence-corrected chi connectivity index (χ0v) is 17.1. The Bertz CT molecular complexity index is 1080. The number of hydrogen-bond acceptors (Lipinski definition) is 2. The van der Waals surface area contributed by atoms with Crippen LogP contribution in [0.1, 0.15) is 15.9 Å². The van der Waals surface area contributed by atoms with E-state index in [4.69, 9.17) is 5.11 Å². The van der Waals surface area contributed by atoms with Gasteiger partial charge in [-0.1, -0.05) is 127 Å². The van der Waals surface area contributed by atoms with Gasteiger partial charge in [-0.05, 0) is 22.9 Å². The molecule has 2 heteroatoms. The molecule has 5 aromatic rings. The Labute approximate surface area is 183 Å². The fourth-order valence-electron chi connectivity index (χ4n) is 2.91. The predicted octanol–water partition coefficient (Wildman–Crippen LogP) is 7.15. The normalized spacial score (nSPS) is 9.55. The Morgan fingerprint density at radius 1 is 0.419 bits per heavy atom. The minimum atomic E-state index is 0.0752. The van der Waals surface area contributed by atoms with E-state index in [0.29, 0.717) is 5.75 Å². The maximum absolute atomic E-state index is 11.8. The lowest BCUT2D eigenvalue weighted by Crippen LogP contribution is -1.99. The number of carbonyl (C=O) groups is 1. The summed E-state index contributed by atoms with van der Waals surface area (Å²) in [7, 11) is 0. The van der Waals surface area contributed by atoms with E-state index in [0.717, 1.165) is 11.1 Å². The lowest BCUT2D eigenvalue weighted by atomic mass is 10.0. The molecule has 5 aromatic carbocycles. The van der Waals surface area contributed by atoms with Gasteiger partial charge in [-0.3, -0.25) is 4.79 Å². The van der Waals surface area contributed by atoms with Crippen LogP contribution in [-0.4, -0.2) is 10.9 Å². The van der Waals surface area contributed by atoms with Crippen LogP contribution in [0.3, 0.4) is 0 Å². The number of ketones is 1. The molecule has 31 heavy (non-hydrogen) atoms. The van der Waals surface area contributed by atoms with Crippen LogP contribution in [0.25, 0.3) is 10.8 Å². The van der Waals surface area contributed by atoms with E-state index in [1.165, 1.54) is 10.8 Å². The zero-order chi connectivity index (χ0) is 21.7. The van der Waals surface area contributed by atoms with Gasteiger partial charge in [-0.15, -0.1) is 0 Å². The summed E-state index contributed by atoms with van der Waals surface area (Å²) in [5.41, 5.74) is 1.47. The molecule has 0 bridgehead atoms. The van der Waals surface area contributed by atoms with Gasteiger partial charge in [0.2, 0.25) is 0 Å². The predicted molar refractivity (Wildman–Crippen MR) is 128 cm³/mol. The van der Waals surface area contributed by atoms with Crippen LogP contribution in [0.2, 0.25) is 0 Å². The van der Waals surface area contributed by atoms with Crippen molar-refractivity contribution in [3.8, 4) is 5.75 Å². The van der Waals surface area contributed by atoms with E-state index in [1.54, 1.807) is 24.3 Å². The minimum absolute atomic E-state index is 0.0752. The van der Waals surface area contributed by atoms with Gasteiger partial charge < -0.3 is 5.11 Å². The highest BCUT2D eigenvalue weighted by Crippen LogP contribution is 2.11. The Morgan fingerprint density at radius 2 is 0.710 bits per heavy atom. The average Bonchev–Trinajstić information content (AvgIpc) is 2.86. The molecule has 0 radical (unpaired) electrons. The average molecular weight is 405 g/mol. The molecule has 0 unspecified atom stereocenters. The van der Waals surface area contributed by atoms with Gasteiger partial charge in [0, 0.05) is 11.1 Å². The van der Waals surface area contributed by atoms with Crippen molar-refractivity contribution in [2.24, 2.45) is 0 Å². The Kier molecular flexibility index (Phi) is 8.16. The number of carbonyl (C=O) groups excluding carboxylic acids is 1. The molecule has 0 amide bonds. The second kappa shape index (κ2) is 11.7. The summed E-state index contributed by atoms with van der Waals surface area (Å²) in [6.07, 6.45) is 0. The maximum Gasteiger partial charge on any atom is 0.193 e. The fraction of sp³-hybridized carbons (Fsp3) is 0. The van der Waals surface area contributed by atoms with E-state index in [2.05, 4.69) is 48.5 Å². The first kappa shape index (κ1) is 21.5. The zero-order valence-electron chi connectivity index (χ0n) is 17.1. The fourth-order valence-corrected chi connectivity index (χ4v) is 2.91. The molecule has 0 fully saturated rings. The molecule has 0 atom stereocenters. The number of fused-ring (bicyclic) bond motifs is 1. The van der Waals surface area contributed by atoms with Crippen molar-refractivity contribution >= 4 is 16.6 Å². The minimum Gasteiger partial charge on any atom is -0.508 e. The number of phenolic OH excluding ortho intramolecular Hbond substituents is 1. The number of hydrogen-bond donors (Lipinski definition) is 1. The van der Waals surface area contributed by atoms with Crippen molar-refractivity contribution in [3.05, 3.63) is 151 Å². The van der Waals surface area contributed by atoms with Gasteiger partial charge >= 0.3 is 0 Å². The smallest absolute Gasteiger partial charge is 0.193 e. The highest BCUT2D eigenvalue weighted by atomic mass is 16.3. The molecule has 1 N–H and O–H groups in total. The molecule has 0 spiro atoms. The molecule has 2 nitrogen and oxygen atoms in total. The van der Waals surface area contributed by atoms with Gasteiger partial charge in [0.05, 0.1) is 0 Å². The molecule has 0 aliphatic carbocycles. The Balaban J connectivity index is 0.000000140. The van der Waals surface area contributed by atoms with Crippen LogP contribution in [-0.2, 0) is 0 Å². The van der Waals surface area contributed by atoms with Gasteiger partial charge in [0.1, 0.15) is 5.75 Å². The number of para-hydroxylation sites is 1. The van der Waals surface area contributed by atoms with E-state index in [1.807, 2.05) is 66.7 Å². The second-order valence-electron chi connectivity index (χ2n) is 6.74. The first-order valence-corrected chi connectivity index (χ1v) is 10.1. The SMILES string of the molecule is O=C(c1ccccc1)c1ccccc1.Oc1ccccc1.c1ccc2ccccc2c1. The maximum atomic E-state index is 11.8. The highest BCUT2D eigenvalue weighted by molar-refractivity contribution is 6.08. The third-order valence-electron chi connectivity index (χ3n) is 4.49. The van der Waals surface area contributed by atoms with E-state index in [9.17, 15) is 4.79 Å². The topological polar surface area (TPSA) is 37.3 Å². The monoisotopic (exact) mass is 404 g/mol. The Morgan fingerprint density at radius 3 is 1.00 bits per heavy atom. The van der Waals surface area contributed by atoms with Crippen LogP contribution >= 0.6 is 0 Å². The molecular formula is C29H24O2. The number of aromatic hydroxyl groups is 1. The van der Waals surface area contributed by atoms with Crippen molar-refractivity contribution in [2.45, 2.75) is 0 Å². The molecule has 152 valence electrons. The second-order valence-corrected chi connectivity index (χ2v) is 6.74. The molecule has 0 heterocycles. The number of benzene rings is 5. The van der Waals surface area contributed by atoms with Gasteiger partial charge in [0.15, 0.2) is 5.78 Å². The van der Waals surface area contributed by atoms with Crippen molar-refractivity contribution < 1.29 is 9.90 Å². The molecule has 0 aliphatic heterocycles. The molecular weight excluding hydrogens is 380 g/mol. The van der Waals surface area contributed by atoms with Crippen LogP contribution in [0, 0.1) is 0 Å². The van der Waals surface area contributed by atoms with Crippen molar-refractivity contribution in [1.29, 1.82) is 0 Å². The summed E-state index contributed by atoms with van der Waals surface area (Å²) < 4.78 is 0. The van der Waals surface area contributed by atoms with Crippen LogP contribution in [0.4, 0.5) is 0 Å². The quantitative estimate of drug-likeness (QED) is 0.317. The lowest BCUT2D eigenvalue weighted by Gasteiger charge is -1.99. The van der Waals surface area contributed by atoms with E-state index >= 15 is 0 Å². The van der Waals surface area contributed by atoms with Gasteiger partial charge in [-0.2, -0.15) is 0 Å². The summed E-state index contributed by atoms with van der Waals surface area (Å²) in [6.45, 7) is 0. The van der Waals surface area contributed by atoms with Crippen LogP contribution in [0.15, 0.2) is 140 Å². The third-order valence-corrected chi connectivity index (χ3v) is 4.49. The number of phenols is 1. The van der Waals surface area contributed by atoms with Crippen LogP contribution in [0.5, 0.6) is 5.75 Å². The summed E-state index contributed by atoms with van der Waals surface area (Å²) in [4.78, 5) is 11.8. The summed E-state index contributed by atoms with van der Waals surface area (Å²) in [5.74, 6) is 0.397. The van der Waals surface area contributed by atoms with E-state index in [-0.39, 0.29) is 5.78 Å². The molecule has 0 aliphatic rings. The van der Waals surface area contributed by atoms with Crippen molar-refractivity contribution in [1.82, 2.24) is 0 Å². The van der Waals surface area contributed by atoms with Crippen molar-refractivity contribution in [2.75, 3.05) is 0 Å². The molecule has 0 saturated carbocycles. The standard InChI is InChI=1S/C13H10O.C10H8.C6H6O/c14-13(11-7-3-1-4-8-11)12-9-5-2-6-10-12;1-2-6-10-8-4-3-7-9(10)5-1;7-6-4-2-1-3-5-6/h1-10H;1-8H;1-5,7H. The van der Waals surface area contributed by atoms with Crippen LogP contribution < -0.4 is 0 Å². The van der Waals surface area contributed by atoms with Gasteiger partial charge in [-0.25, -0.2) is 0 Å².